The van der Waals surface area contributed by atoms with Crippen LogP contribution in [0.5, 0.6) is 11.5 Å². The van der Waals surface area contributed by atoms with Crippen molar-refractivity contribution in [1.29, 1.82) is 0 Å². The number of methoxy groups -OCH3 is 2. The number of hydrogen-bond donors (Lipinski definition) is 1. The second-order valence-corrected chi connectivity index (χ2v) is 4.54. The summed E-state index contributed by atoms with van der Waals surface area (Å²) in [6.45, 7) is 0. The Morgan fingerprint density at radius 2 is 1.73 bits per heavy atom. The summed E-state index contributed by atoms with van der Waals surface area (Å²) < 4.78 is 12.2. The molecule has 0 aliphatic rings. The van der Waals surface area contributed by atoms with Gasteiger partial charge in [-0.2, -0.15) is 4.98 Å². The molecule has 0 bridgehead atoms. The molecule has 6 nitrogen and oxygen atoms in total. The molecule has 0 atom stereocenters. The fraction of sp³-hybridized carbons (Fsp3) is 0.125. The van der Waals surface area contributed by atoms with Crippen LogP contribution < -0.4 is 14.8 Å². The summed E-state index contributed by atoms with van der Waals surface area (Å²) in [6.07, 6.45) is 1.67. The number of ether oxygens (including phenoxy) is 2. The summed E-state index contributed by atoms with van der Waals surface area (Å²) in [5.74, 6) is 1.84. The Balaban J connectivity index is 1.81. The third-order valence-corrected chi connectivity index (χ3v) is 3.15. The highest BCUT2D eigenvalue weighted by Gasteiger charge is 2.07. The van der Waals surface area contributed by atoms with Gasteiger partial charge in [-0.15, -0.1) is 5.10 Å². The van der Waals surface area contributed by atoms with Crippen LogP contribution in [-0.4, -0.2) is 29.0 Å². The molecule has 0 unspecified atom stereocenters. The highest BCUT2D eigenvalue weighted by atomic mass is 16.5. The average molecular weight is 296 g/mol. The summed E-state index contributed by atoms with van der Waals surface area (Å²) in [6, 6.07) is 15.4. The van der Waals surface area contributed by atoms with Gasteiger partial charge in [0.1, 0.15) is 6.33 Å². The molecule has 0 spiro atoms. The molecule has 0 aliphatic heterocycles. The molecule has 3 aromatic rings. The second kappa shape index (κ2) is 6.17. The molecule has 0 saturated carbocycles. The number of aromatic nitrogens is 3. The van der Waals surface area contributed by atoms with Crippen molar-refractivity contribution in [2.45, 2.75) is 0 Å². The van der Waals surface area contributed by atoms with Crippen LogP contribution in [0.4, 0.5) is 11.6 Å². The largest absolute Gasteiger partial charge is 0.493 e. The van der Waals surface area contributed by atoms with Crippen molar-refractivity contribution in [2.75, 3.05) is 19.5 Å². The molecule has 3 rings (SSSR count). The smallest absolute Gasteiger partial charge is 0.246 e. The Morgan fingerprint density at radius 1 is 0.955 bits per heavy atom. The lowest BCUT2D eigenvalue weighted by Gasteiger charge is -2.09. The number of benzene rings is 2. The standard InChI is InChI=1S/C16H16N4O2/c1-21-14-9-8-12(10-15(14)22-2)18-16-17-11-20(19-16)13-6-4-3-5-7-13/h3-11H,1-2H3,(H,18,19). The van der Waals surface area contributed by atoms with Crippen LogP contribution in [0.1, 0.15) is 0 Å². The maximum absolute atomic E-state index is 5.28. The third kappa shape index (κ3) is 2.85. The van der Waals surface area contributed by atoms with Crippen molar-refractivity contribution >= 4 is 11.6 Å². The van der Waals surface area contributed by atoms with Crippen LogP contribution >= 0.6 is 0 Å². The number of para-hydroxylation sites is 1. The Labute approximate surface area is 128 Å². The minimum absolute atomic E-state index is 0.510. The molecule has 1 heterocycles. The van der Waals surface area contributed by atoms with Gasteiger partial charge in [0.05, 0.1) is 19.9 Å². The zero-order valence-electron chi connectivity index (χ0n) is 12.4. The van der Waals surface area contributed by atoms with E-state index in [9.17, 15) is 0 Å². The van der Waals surface area contributed by atoms with Gasteiger partial charge in [-0.3, -0.25) is 0 Å². The molecular formula is C16H16N4O2. The quantitative estimate of drug-likeness (QED) is 0.784. The van der Waals surface area contributed by atoms with E-state index in [4.69, 9.17) is 9.47 Å². The third-order valence-electron chi connectivity index (χ3n) is 3.15. The molecule has 1 N–H and O–H groups in total. The van der Waals surface area contributed by atoms with E-state index in [1.807, 2.05) is 48.5 Å². The summed E-state index contributed by atoms with van der Waals surface area (Å²) in [5.41, 5.74) is 1.78. The minimum Gasteiger partial charge on any atom is -0.493 e. The van der Waals surface area contributed by atoms with Gasteiger partial charge in [-0.05, 0) is 24.3 Å². The van der Waals surface area contributed by atoms with Crippen LogP contribution in [0.15, 0.2) is 54.9 Å². The first kappa shape index (κ1) is 13.9. The molecule has 2 aromatic carbocycles. The fourth-order valence-electron chi connectivity index (χ4n) is 2.07. The van der Waals surface area contributed by atoms with Crippen LogP contribution in [0.25, 0.3) is 5.69 Å². The SMILES string of the molecule is COc1ccc(Nc2ncn(-c3ccccc3)n2)cc1OC. The maximum atomic E-state index is 5.28. The summed E-state index contributed by atoms with van der Waals surface area (Å²) in [4.78, 5) is 4.25. The number of nitrogens with one attached hydrogen (secondary N) is 1. The summed E-state index contributed by atoms with van der Waals surface area (Å²) in [7, 11) is 3.21. The van der Waals surface area contributed by atoms with Crippen LogP contribution in [0.2, 0.25) is 0 Å². The Bertz CT molecular complexity index is 756. The topological polar surface area (TPSA) is 61.2 Å². The molecular weight excluding hydrogens is 280 g/mol. The van der Waals surface area contributed by atoms with Gasteiger partial charge in [0.15, 0.2) is 11.5 Å². The Morgan fingerprint density at radius 3 is 2.45 bits per heavy atom. The van der Waals surface area contributed by atoms with E-state index in [0.29, 0.717) is 17.4 Å². The van der Waals surface area contributed by atoms with Gasteiger partial charge in [-0.1, -0.05) is 18.2 Å². The molecule has 6 heteroatoms. The molecule has 112 valence electrons. The molecule has 0 radical (unpaired) electrons. The highest BCUT2D eigenvalue weighted by molar-refractivity contribution is 5.59. The van der Waals surface area contributed by atoms with Crippen LogP contribution in [-0.2, 0) is 0 Å². The van der Waals surface area contributed by atoms with Gasteiger partial charge in [0, 0.05) is 11.8 Å². The summed E-state index contributed by atoms with van der Waals surface area (Å²) >= 11 is 0. The Hall–Kier alpha value is -3.02. The number of nitrogens with zero attached hydrogens (tertiary/aromatic N) is 3. The number of hydrogen-bond acceptors (Lipinski definition) is 5. The van der Waals surface area contributed by atoms with Crippen molar-refractivity contribution in [3.8, 4) is 17.2 Å². The van der Waals surface area contributed by atoms with E-state index in [1.165, 1.54) is 0 Å². The van der Waals surface area contributed by atoms with Gasteiger partial charge in [0.2, 0.25) is 5.95 Å². The second-order valence-electron chi connectivity index (χ2n) is 4.54. The lowest BCUT2D eigenvalue weighted by molar-refractivity contribution is 0.355. The van der Waals surface area contributed by atoms with Crippen LogP contribution in [0, 0.1) is 0 Å². The van der Waals surface area contributed by atoms with Crippen molar-refractivity contribution in [1.82, 2.24) is 14.8 Å². The minimum atomic E-state index is 0.510. The predicted octanol–water partition coefficient (Wildman–Crippen LogP) is 3.03. The van der Waals surface area contributed by atoms with E-state index in [1.54, 1.807) is 25.2 Å². The van der Waals surface area contributed by atoms with Crippen molar-refractivity contribution in [3.63, 3.8) is 0 Å². The van der Waals surface area contributed by atoms with E-state index >= 15 is 0 Å². The molecule has 0 amide bonds. The first-order valence-electron chi connectivity index (χ1n) is 6.76. The van der Waals surface area contributed by atoms with Gasteiger partial charge in [-0.25, -0.2) is 4.68 Å². The normalized spacial score (nSPS) is 10.3. The van der Waals surface area contributed by atoms with Crippen molar-refractivity contribution in [3.05, 3.63) is 54.9 Å². The zero-order chi connectivity index (χ0) is 15.4. The van der Waals surface area contributed by atoms with E-state index in [0.717, 1.165) is 11.4 Å². The monoisotopic (exact) mass is 296 g/mol. The molecule has 0 fully saturated rings. The average Bonchev–Trinajstić information content (AvgIpc) is 3.04. The maximum Gasteiger partial charge on any atom is 0.246 e. The molecule has 0 saturated heterocycles. The van der Waals surface area contributed by atoms with Crippen LogP contribution in [0.3, 0.4) is 0 Å². The Kier molecular flexibility index (Phi) is 3.91. The molecule has 0 aliphatic carbocycles. The lowest BCUT2D eigenvalue weighted by Crippen LogP contribution is -1.98. The molecule has 1 aromatic heterocycles. The highest BCUT2D eigenvalue weighted by Crippen LogP contribution is 2.30. The number of rotatable bonds is 5. The summed E-state index contributed by atoms with van der Waals surface area (Å²) in [5, 5.41) is 7.54. The number of anilines is 2. The van der Waals surface area contributed by atoms with E-state index in [2.05, 4.69) is 15.4 Å². The first-order valence-corrected chi connectivity index (χ1v) is 6.76. The van der Waals surface area contributed by atoms with Crippen molar-refractivity contribution in [2.24, 2.45) is 0 Å². The van der Waals surface area contributed by atoms with Crippen molar-refractivity contribution < 1.29 is 9.47 Å². The predicted molar refractivity (Wildman–Crippen MR) is 84.2 cm³/mol. The van der Waals surface area contributed by atoms with E-state index < -0.39 is 0 Å². The van der Waals surface area contributed by atoms with Gasteiger partial charge >= 0.3 is 0 Å². The van der Waals surface area contributed by atoms with E-state index in [-0.39, 0.29) is 0 Å². The zero-order valence-corrected chi connectivity index (χ0v) is 12.4. The van der Waals surface area contributed by atoms with Gasteiger partial charge in [0.25, 0.3) is 0 Å². The lowest BCUT2D eigenvalue weighted by atomic mass is 10.3. The fourth-order valence-corrected chi connectivity index (χ4v) is 2.07. The van der Waals surface area contributed by atoms with Gasteiger partial charge < -0.3 is 14.8 Å². The molecule has 22 heavy (non-hydrogen) atoms. The first-order chi connectivity index (χ1) is 10.8.